The summed E-state index contributed by atoms with van der Waals surface area (Å²) in [5.41, 5.74) is 11.5. The van der Waals surface area contributed by atoms with Crippen LogP contribution in [0.4, 0.5) is 0 Å². The lowest BCUT2D eigenvalue weighted by Crippen LogP contribution is -2.08. The van der Waals surface area contributed by atoms with Crippen molar-refractivity contribution in [3.63, 3.8) is 0 Å². The summed E-state index contributed by atoms with van der Waals surface area (Å²) in [6.45, 7) is 0. The Labute approximate surface area is 289 Å². The lowest BCUT2D eigenvalue weighted by molar-refractivity contribution is 0.809. The Balaban J connectivity index is 1.31. The fourth-order valence-electron chi connectivity index (χ4n) is 7.77. The molecule has 5 heteroatoms. The Morgan fingerprint density at radius 3 is 1.68 bits per heavy atom. The van der Waals surface area contributed by atoms with E-state index >= 15 is 0 Å². The zero-order valence-corrected chi connectivity index (χ0v) is 26.9. The maximum Gasteiger partial charge on any atom is 0.101 e. The molecule has 1 atom stereocenters. The van der Waals surface area contributed by atoms with Gasteiger partial charge in [0.2, 0.25) is 0 Å². The third kappa shape index (κ3) is 4.30. The molecule has 0 bridgehead atoms. The molecule has 2 heterocycles. The Kier molecular flexibility index (Phi) is 6.70. The Hall–Kier alpha value is -7.13. The molecule has 1 unspecified atom stereocenters. The van der Waals surface area contributed by atoms with Gasteiger partial charge in [-0.2, -0.15) is 15.8 Å². The van der Waals surface area contributed by atoms with Crippen molar-refractivity contribution < 1.29 is 0 Å². The van der Waals surface area contributed by atoms with E-state index in [4.69, 9.17) is 0 Å². The molecule has 0 saturated heterocycles. The summed E-state index contributed by atoms with van der Waals surface area (Å²) in [7, 11) is 0. The van der Waals surface area contributed by atoms with Gasteiger partial charge in [0, 0.05) is 33.0 Å². The highest BCUT2D eigenvalue weighted by molar-refractivity contribution is 6.10. The molecule has 0 radical (unpaired) electrons. The number of hydrogen-bond acceptors (Lipinski definition) is 3. The van der Waals surface area contributed by atoms with Gasteiger partial charge in [0.15, 0.2) is 0 Å². The summed E-state index contributed by atoms with van der Waals surface area (Å²) in [5.74, 6) is -0.213. The van der Waals surface area contributed by atoms with Crippen molar-refractivity contribution in [2.45, 2.75) is 6.42 Å². The van der Waals surface area contributed by atoms with Gasteiger partial charge in [0.1, 0.15) is 6.07 Å². The summed E-state index contributed by atoms with van der Waals surface area (Å²) in [6, 6.07) is 52.6. The van der Waals surface area contributed by atoms with Crippen LogP contribution in [0.15, 0.2) is 140 Å². The largest absolute Gasteiger partial charge is 0.309 e. The van der Waals surface area contributed by atoms with Crippen LogP contribution in [0.3, 0.4) is 0 Å². The van der Waals surface area contributed by atoms with Gasteiger partial charge in [-0.1, -0.05) is 103 Å². The number of hydrogen-bond donors (Lipinski definition) is 0. The topological polar surface area (TPSA) is 81.2 Å². The molecule has 0 N–H and O–H groups in total. The predicted molar refractivity (Wildman–Crippen MR) is 200 cm³/mol. The van der Waals surface area contributed by atoms with Gasteiger partial charge >= 0.3 is 0 Å². The van der Waals surface area contributed by atoms with Gasteiger partial charge in [-0.15, -0.1) is 0 Å². The normalized spacial score (nSPS) is 13.6. The minimum Gasteiger partial charge on any atom is -0.309 e. The molecule has 50 heavy (non-hydrogen) atoms. The second-order valence-electron chi connectivity index (χ2n) is 12.6. The summed E-state index contributed by atoms with van der Waals surface area (Å²) in [6.07, 6.45) is 4.54. The smallest absolute Gasteiger partial charge is 0.101 e. The van der Waals surface area contributed by atoms with Crippen molar-refractivity contribution in [3.05, 3.63) is 162 Å². The molecule has 2 aromatic heterocycles. The molecule has 1 aliphatic rings. The highest BCUT2D eigenvalue weighted by Crippen LogP contribution is 2.42. The minimum absolute atomic E-state index is 0.213. The van der Waals surface area contributed by atoms with Crippen LogP contribution in [0, 0.1) is 39.9 Å². The van der Waals surface area contributed by atoms with Crippen LogP contribution >= 0.6 is 0 Å². The minimum atomic E-state index is -0.213. The average molecular weight is 638 g/mol. The molecule has 5 nitrogen and oxygen atoms in total. The van der Waals surface area contributed by atoms with Gasteiger partial charge in [0.05, 0.1) is 57.1 Å². The molecule has 0 spiro atoms. The van der Waals surface area contributed by atoms with E-state index in [1.165, 1.54) is 10.8 Å². The first-order chi connectivity index (χ1) is 24.7. The van der Waals surface area contributed by atoms with Crippen LogP contribution < -0.4 is 0 Å². The maximum absolute atomic E-state index is 10.5. The van der Waals surface area contributed by atoms with Crippen LogP contribution in [-0.2, 0) is 6.42 Å². The Morgan fingerprint density at radius 1 is 0.500 bits per heavy atom. The molecule has 232 valence electrons. The number of nitriles is 3. The number of allylic oxidation sites excluding steroid dienone is 1. The van der Waals surface area contributed by atoms with Crippen molar-refractivity contribution >= 4 is 38.8 Å². The number of rotatable bonds is 4. The quantitative estimate of drug-likeness (QED) is 0.193. The molecule has 8 aromatic rings. The monoisotopic (exact) mass is 637 g/mol. The Morgan fingerprint density at radius 2 is 1.04 bits per heavy atom. The van der Waals surface area contributed by atoms with Gasteiger partial charge in [0.25, 0.3) is 0 Å². The van der Waals surface area contributed by atoms with E-state index in [1.807, 2.05) is 42.5 Å². The summed E-state index contributed by atoms with van der Waals surface area (Å²) >= 11 is 0. The molecule has 0 saturated carbocycles. The first kappa shape index (κ1) is 29.0. The predicted octanol–water partition coefficient (Wildman–Crippen LogP) is 10.5. The number of fused-ring (bicyclic) bond motifs is 6. The molecule has 0 fully saturated rings. The Bertz CT molecular complexity index is 2790. The number of para-hydroxylation sites is 4. The highest BCUT2D eigenvalue weighted by Gasteiger charge is 2.25. The first-order valence-corrected chi connectivity index (χ1v) is 16.6. The SMILES string of the molecule is N#Cc1cc(C#N)c(-n2c3c(c4ccccc42)CC(C#N)C=C3)cc1-c1ccccc1-c1ccccc1-n1c2ccccc2c2ccccc21. The lowest BCUT2D eigenvalue weighted by Gasteiger charge is -2.19. The van der Waals surface area contributed by atoms with Crippen molar-refractivity contribution in [2.75, 3.05) is 0 Å². The van der Waals surface area contributed by atoms with Gasteiger partial charge < -0.3 is 9.13 Å². The van der Waals surface area contributed by atoms with E-state index in [9.17, 15) is 15.8 Å². The number of nitrogens with zero attached hydrogens (tertiary/aromatic N) is 5. The summed E-state index contributed by atoms with van der Waals surface area (Å²) in [5, 5.41) is 34.2. The van der Waals surface area contributed by atoms with Gasteiger partial charge in [-0.3, -0.25) is 0 Å². The molecule has 1 aliphatic carbocycles. The number of benzene rings is 6. The third-order valence-electron chi connectivity index (χ3n) is 9.95. The summed E-state index contributed by atoms with van der Waals surface area (Å²) in [4.78, 5) is 0. The fraction of sp³-hybridized carbons (Fsp3) is 0.0444. The molecule has 0 aliphatic heterocycles. The molecule has 9 rings (SSSR count). The van der Waals surface area contributed by atoms with Crippen molar-refractivity contribution in [2.24, 2.45) is 5.92 Å². The van der Waals surface area contributed by atoms with Gasteiger partial charge in [-0.05, 0) is 65.6 Å². The van der Waals surface area contributed by atoms with Gasteiger partial charge in [-0.25, -0.2) is 0 Å². The van der Waals surface area contributed by atoms with E-state index in [0.29, 0.717) is 23.2 Å². The highest BCUT2D eigenvalue weighted by atomic mass is 15.0. The number of aromatic nitrogens is 2. The average Bonchev–Trinajstić information content (AvgIpc) is 3.70. The van der Waals surface area contributed by atoms with Crippen LogP contribution in [0.5, 0.6) is 0 Å². The second-order valence-corrected chi connectivity index (χ2v) is 12.6. The molecule has 6 aromatic carbocycles. The van der Waals surface area contributed by atoms with E-state index in [1.54, 1.807) is 6.07 Å². The fourth-order valence-corrected chi connectivity index (χ4v) is 7.77. The van der Waals surface area contributed by atoms with Crippen LogP contribution in [0.25, 0.3) is 72.4 Å². The van der Waals surface area contributed by atoms with E-state index < -0.39 is 0 Å². The van der Waals surface area contributed by atoms with Crippen LogP contribution in [0.2, 0.25) is 0 Å². The van der Waals surface area contributed by atoms with Crippen LogP contribution in [-0.4, -0.2) is 9.13 Å². The van der Waals surface area contributed by atoms with Crippen molar-refractivity contribution in [3.8, 4) is 51.8 Å². The zero-order valence-electron chi connectivity index (χ0n) is 26.9. The van der Waals surface area contributed by atoms with E-state index in [0.717, 1.165) is 61.1 Å². The molecule has 0 amide bonds. The second kappa shape index (κ2) is 11.5. The van der Waals surface area contributed by atoms with E-state index in [2.05, 4.69) is 124 Å². The standard InChI is InChI=1S/C45H27N5/c46-26-29-21-22-44-39(23-29)37-16-6-10-20-43(37)50(44)45-25-38(30(27-47)24-31(45)28-48)33-12-2-1-11-32(33)34-13-3-7-17-40(34)49-41-18-8-4-14-35(41)36-15-5-9-19-42(36)49/h1-22,24-25,29H,23H2. The zero-order chi connectivity index (χ0) is 33.8. The maximum atomic E-state index is 10.5. The molecular formula is C45H27N5. The van der Waals surface area contributed by atoms with Crippen molar-refractivity contribution in [1.29, 1.82) is 15.8 Å². The summed E-state index contributed by atoms with van der Waals surface area (Å²) < 4.78 is 4.44. The first-order valence-electron chi connectivity index (χ1n) is 16.6. The lowest BCUT2D eigenvalue weighted by atomic mass is 9.89. The van der Waals surface area contributed by atoms with E-state index in [-0.39, 0.29) is 5.92 Å². The molecular weight excluding hydrogens is 611 g/mol. The third-order valence-corrected chi connectivity index (χ3v) is 9.95. The van der Waals surface area contributed by atoms with Crippen LogP contribution in [0.1, 0.15) is 22.4 Å². The van der Waals surface area contributed by atoms with Crippen molar-refractivity contribution in [1.82, 2.24) is 9.13 Å².